The number of para-hydroxylation sites is 1. The molecule has 1 aromatic carbocycles. The lowest BCUT2D eigenvalue weighted by molar-refractivity contribution is 0.0664. The quantitative estimate of drug-likeness (QED) is 0.494. The van der Waals surface area contributed by atoms with Crippen LogP contribution in [0.15, 0.2) is 59.8 Å². The molecule has 4 aromatic heterocycles. The van der Waals surface area contributed by atoms with E-state index in [2.05, 4.69) is 15.2 Å². The van der Waals surface area contributed by atoms with Crippen molar-refractivity contribution in [2.75, 3.05) is 7.11 Å². The highest BCUT2D eigenvalue weighted by Crippen LogP contribution is 2.27. The number of benzene rings is 1. The Hall–Kier alpha value is -3.52. The number of hydrogen-bond acceptors (Lipinski definition) is 5. The van der Waals surface area contributed by atoms with Crippen molar-refractivity contribution in [1.29, 1.82) is 0 Å². The average Bonchev–Trinajstić information content (AvgIpc) is 3.35. The van der Waals surface area contributed by atoms with Crippen LogP contribution in [0.5, 0.6) is 0 Å². The third-order valence-electron chi connectivity index (χ3n) is 4.81. The van der Waals surface area contributed by atoms with Gasteiger partial charge in [-0.15, -0.1) is 0 Å². The van der Waals surface area contributed by atoms with E-state index in [1.54, 1.807) is 36.4 Å². The fraction of sp³-hybridized carbons (Fsp3) is 0.158. The largest absolute Gasteiger partial charge is 0.362 e. The van der Waals surface area contributed by atoms with Gasteiger partial charge in [-0.2, -0.15) is 14.7 Å². The number of fused-ring (bicyclic) bond motifs is 4. The van der Waals surface area contributed by atoms with E-state index in [4.69, 9.17) is 4.74 Å². The predicted octanol–water partition coefficient (Wildman–Crippen LogP) is 2.55. The molecule has 27 heavy (non-hydrogen) atoms. The van der Waals surface area contributed by atoms with Crippen LogP contribution in [-0.4, -0.2) is 36.1 Å². The maximum absolute atomic E-state index is 12.9. The summed E-state index contributed by atoms with van der Waals surface area (Å²) in [6.45, 7) is 1.92. The molecule has 5 aromatic rings. The van der Waals surface area contributed by atoms with Gasteiger partial charge in [0.1, 0.15) is 11.9 Å². The van der Waals surface area contributed by atoms with Gasteiger partial charge in [-0.3, -0.25) is 9.36 Å². The first-order valence-electron chi connectivity index (χ1n) is 8.53. The first-order valence-corrected chi connectivity index (χ1v) is 8.53. The molecule has 0 aliphatic carbocycles. The Bertz CT molecular complexity index is 1350. The highest BCUT2D eigenvalue weighted by molar-refractivity contribution is 6.02. The molecule has 8 heteroatoms. The predicted molar refractivity (Wildman–Crippen MR) is 101 cm³/mol. The maximum Gasteiger partial charge on any atom is 0.283 e. The smallest absolute Gasteiger partial charge is 0.283 e. The molecule has 8 nitrogen and oxygen atoms in total. The SMILES string of the molecule is COC(C)n1c2c(cnc3c2cnn3-c2ccccc2)c(=O)n2nccc12. The Kier molecular flexibility index (Phi) is 3.34. The molecule has 0 N–H and O–H groups in total. The van der Waals surface area contributed by atoms with Gasteiger partial charge in [0, 0.05) is 19.4 Å². The van der Waals surface area contributed by atoms with Crippen LogP contribution in [0.4, 0.5) is 0 Å². The van der Waals surface area contributed by atoms with Crippen LogP contribution in [0.1, 0.15) is 13.2 Å². The van der Waals surface area contributed by atoms with Gasteiger partial charge in [0.05, 0.1) is 34.4 Å². The molecule has 134 valence electrons. The second-order valence-corrected chi connectivity index (χ2v) is 6.26. The average molecular weight is 360 g/mol. The molecule has 0 saturated carbocycles. The number of methoxy groups -OCH3 is 1. The van der Waals surface area contributed by atoms with E-state index in [9.17, 15) is 4.79 Å². The molecule has 0 radical (unpaired) electrons. The van der Waals surface area contributed by atoms with Crippen molar-refractivity contribution in [3.8, 4) is 5.69 Å². The summed E-state index contributed by atoms with van der Waals surface area (Å²) in [5, 5.41) is 9.92. The summed E-state index contributed by atoms with van der Waals surface area (Å²) in [6.07, 6.45) is 4.62. The molecular formula is C19H16N6O2. The van der Waals surface area contributed by atoms with E-state index >= 15 is 0 Å². The van der Waals surface area contributed by atoms with Gasteiger partial charge in [0.15, 0.2) is 5.65 Å². The fourth-order valence-electron chi connectivity index (χ4n) is 3.48. The van der Waals surface area contributed by atoms with E-state index < -0.39 is 0 Å². The highest BCUT2D eigenvalue weighted by Gasteiger charge is 2.20. The van der Waals surface area contributed by atoms with Crippen LogP contribution >= 0.6 is 0 Å². The minimum absolute atomic E-state index is 0.216. The van der Waals surface area contributed by atoms with Crippen molar-refractivity contribution in [3.63, 3.8) is 0 Å². The second kappa shape index (κ2) is 5.75. The summed E-state index contributed by atoms with van der Waals surface area (Å²) in [6, 6.07) is 11.6. The van der Waals surface area contributed by atoms with Crippen LogP contribution in [-0.2, 0) is 4.74 Å². The van der Waals surface area contributed by atoms with Crippen molar-refractivity contribution in [1.82, 2.24) is 28.9 Å². The van der Waals surface area contributed by atoms with Gasteiger partial charge >= 0.3 is 0 Å². The van der Waals surface area contributed by atoms with Gasteiger partial charge in [0.25, 0.3) is 5.56 Å². The summed E-state index contributed by atoms with van der Waals surface area (Å²) in [5.41, 5.74) is 2.75. The van der Waals surface area contributed by atoms with E-state index in [-0.39, 0.29) is 11.8 Å². The molecule has 0 aliphatic rings. The third-order valence-corrected chi connectivity index (χ3v) is 4.81. The van der Waals surface area contributed by atoms with Crippen LogP contribution < -0.4 is 5.56 Å². The highest BCUT2D eigenvalue weighted by atomic mass is 16.5. The Morgan fingerprint density at radius 1 is 1.04 bits per heavy atom. The van der Waals surface area contributed by atoms with E-state index in [0.29, 0.717) is 16.7 Å². The van der Waals surface area contributed by atoms with Gasteiger partial charge < -0.3 is 4.74 Å². The topological polar surface area (TPSA) is 79.2 Å². The summed E-state index contributed by atoms with van der Waals surface area (Å²) in [5.74, 6) is 0. The monoisotopic (exact) mass is 360 g/mol. The molecule has 4 heterocycles. The molecule has 5 rings (SSSR count). The number of hydrogen-bond donors (Lipinski definition) is 0. The molecule has 0 aliphatic heterocycles. The van der Waals surface area contributed by atoms with Crippen molar-refractivity contribution in [2.24, 2.45) is 0 Å². The summed E-state index contributed by atoms with van der Waals surface area (Å²) in [4.78, 5) is 17.4. The minimum atomic E-state index is -0.307. The second-order valence-electron chi connectivity index (χ2n) is 6.26. The summed E-state index contributed by atoms with van der Waals surface area (Å²) >= 11 is 0. The van der Waals surface area contributed by atoms with Crippen LogP contribution in [0.25, 0.3) is 33.3 Å². The standard InChI is InChI=1S/C19H16N6O2/c1-12(27-2)23-16-8-9-21-25(16)19(26)15-10-20-18-14(17(15)23)11-22-24(18)13-6-4-3-5-7-13/h3-12H,1-2H3. The fourth-order valence-corrected chi connectivity index (χ4v) is 3.48. The molecule has 0 amide bonds. The zero-order chi connectivity index (χ0) is 18.5. The molecular weight excluding hydrogens is 344 g/mol. The van der Waals surface area contributed by atoms with E-state index in [0.717, 1.165) is 16.6 Å². The number of aromatic nitrogens is 6. The lowest BCUT2D eigenvalue weighted by Crippen LogP contribution is -2.22. The third kappa shape index (κ3) is 2.13. The summed E-state index contributed by atoms with van der Waals surface area (Å²) in [7, 11) is 1.63. The number of nitrogens with zero attached hydrogens (tertiary/aromatic N) is 6. The zero-order valence-electron chi connectivity index (χ0n) is 14.8. The minimum Gasteiger partial charge on any atom is -0.362 e. The number of rotatable bonds is 3. The Labute approximate surface area is 153 Å². The molecule has 1 unspecified atom stereocenters. The van der Waals surface area contributed by atoms with Crippen LogP contribution in [0.2, 0.25) is 0 Å². The first kappa shape index (κ1) is 15.7. The Balaban J connectivity index is 1.97. The normalized spacial score (nSPS) is 13.0. The molecule has 1 atom stereocenters. The lowest BCUT2D eigenvalue weighted by Gasteiger charge is -2.19. The van der Waals surface area contributed by atoms with Gasteiger partial charge in [-0.25, -0.2) is 9.67 Å². The van der Waals surface area contributed by atoms with Gasteiger partial charge in [0.2, 0.25) is 0 Å². The van der Waals surface area contributed by atoms with Crippen molar-refractivity contribution in [3.05, 3.63) is 65.3 Å². The maximum atomic E-state index is 12.9. The molecule has 0 spiro atoms. The lowest BCUT2D eigenvalue weighted by atomic mass is 10.2. The Morgan fingerprint density at radius 3 is 2.63 bits per heavy atom. The van der Waals surface area contributed by atoms with Crippen molar-refractivity contribution >= 4 is 27.6 Å². The summed E-state index contributed by atoms with van der Waals surface area (Å²) < 4.78 is 10.7. The number of pyridine rings is 1. The first-order chi connectivity index (χ1) is 13.2. The number of ether oxygens (including phenoxy) is 1. The molecule has 0 fully saturated rings. The van der Waals surface area contributed by atoms with Gasteiger partial charge in [-0.05, 0) is 19.1 Å². The van der Waals surface area contributed by atoms with Crippen molar-refractivity contribution < 1.29 is 4.74 Å². The van der Waals surface area contributed by atoms with Crippen LogP contribution in [0.3, 0.4) is 0 Å². The van der Waals surface area contributed by atoms with E-state index in [1.807, 2.05) is 41.8 Å². The molecule has 0 bridgehead atoms. The molecule has 0 saturated heterocycles. The van der Waals surface area contributed by atoms with Crippen molar-refractivity contribution in [2.45, 2.75) is 13.2 Å². The van der Waals surface area contributed by atoms with E-state index in [1.165, 1.54) is 4.52 Å². The Morgan fingerprint density at radius 2 is 1.85 bits per heavy atom. The van der Waals surface area contributed by atoms with Gasteiger partial charge in [-0.1, -0.05) is 18.2 Å². The zero-order valence-corrected chi connectivity index (χ0v) is 14.8. The van der Waals surface area contributed by atoms with Crippen LogP contribution in [0, 0.1) is 0 Å².